The average molecular weight is 239 g/mol. The van der Waals surface area contributed by atoms with E-state index in [0.29, 0.717) is 0 Å². The molecule has 1 aromatic heterocycles. The van der Waals surface area contributed by atoms with Crippen LogP contribution in [0, 0.1) is 6.92 Å². The lowest BCUT2D eigenvalue weighted by molar-refractivity contribution is 0.874. The summed E-state index contributed by atoms with van der Waals surface area (Å²) >= 11 is 7.76. The lowest BCUT2D eigenvalue weighted by Crippen LogP contribution is -2.08. The molecule has 0 aliphatic rings. The molecule has 4 heteroatoms. The van der Waals surface area contributed by atoms with Crippen molar-refractivity contribution in [3.05, 3.63) is 45.2 Å². The van der Waals surface area contributed by atoms with E-state index in [1.165, 1.54) is 0 Å². The number of hydrogen-bond acceptors (Lipinski definition) is 2. The number of hydrogen-bond donors (Lipinski definition) is 0. The topological polar surface area (TPSA) is 17.3 Å². The summed E-state index contributed by atoms with van der Waals surface area (Å²) in [5, 5.41) is 2.73. The van der Waals surface area contributed by atoms with Crippen molar-refractivity contribution in [1.82, 2.24) is 4.57 Å². The fraction of sp³-hybridized carbons (Fsp3) is 0.182. The maximum absolute atomic E-state index is 6.16. The molecule has 0 spiro atoms. The molecule has 15 heavy (non-hydrogen) atoms. The third-order valence-corrected chi connectivity index (χ3v) is 3.49. The van der Waals surface area contributed by atoms with Crippen molar-refractivity contribution in [1.29, 1.82) is 0 Å². The van der Waals surface area contributed by atoms with Crippen molar-refractivity contribution in [3.8, 4) is 0 Å². The number of aryl methyl sites for hydroxylation is 2. The Morgan fingerprint density at radius 1 is 1.40 bits per heavy atom. The van der Waals surface area contributed by atoms with Gasteiger partial charge >= 0.3 is 0 Å². The highest BCUT2D eigenvalue weighted by Crippen LogP contribution is 2.27. The molecule has 0 radical (unpaired) electrons. The van der Waals surface area contributed by atoms with Gasteiger partial charge in [0.15, 0.2) is 4.80 Å². The number of halogens is 1. The summed E-state index contributed by atoms with van der Waals surface area (Å²) in [5.41, 5.74) is 1.88. The lowest BCUT2D eigenvalue weighted by atomic mass is 10.2. The third-order valence-electron chi connectivity index (χ3n) is 2.15. The summed E-state index contributed by atoms with van der Waals surface area (Å²) in [4.78, 5) is 5.46. The van der Waals surface area contributed by atoms with Crippen LogP contribution in [0.3, 0.4) is 0 Å². The summed E-state index contributed by atoms with van der Waals surface area (Å²) < 4.78 is 1.98. The standard InChI is InChI=1S/C11H11ClN2S/c1-8-4-3-5-9(10(8)12)13-11-14(2)6-7-15-11/h3-7H,1-2H3. The van der Waals surface area contributed by atoms with Crippen molar-refractivity contribution < 1.29 is 0 Å². The molecule has 0 fully saturated rings. The largest absolute Gasteiger partial charge is 0.327 e. The molecule has 1 aromatic carbocycles. The van der Waals surface area contributed by atoms with Crippen LogP contribution in [0.15, 0.2) is 34.8 Å². The molecule has 0 bridgehead atoms. The Bertz CT molecular complexity index is 540. The number of nitrogens with zero attached hydrogens (tertiary/aromatic N) is 2. The molecule has 1 heterocycles. The molecule has 0 amide bonds. The van der Waals surface area contributed by atoms with Crippen LogP contribution in [0.1, 0.15) is 5.56 Å². The average Bonchev–Trinajstić information content (AvgIpc) is 2.60. The first kappa shape index (κ1) is 10.5. The smallest absolute Gasteiger partial charge is 0.189 e. The van der Waals surface area contributed by atoms with Crippen LogP contribution in [0.4, 0.5) is 5.69 Å². The highest BCUT2D eigenvalue weighted by atomic mass is 35.5. The maximum atomic E-state index is 6.16. The van der Waals surface area contributed by atoms with Gasteiger partial charge in [-0.1, -0.05) is 23.7 Å². The Labute approximate surface area is 97.5 Å². The van der Waals surface area contributed by atoms with E-state index >= 15 is 0 Å². The van der Waals surface area contributed by atoms with Gasteiger partial charge in [0.1, 0.15) is 0 Å². The molecule has 0 saturated carbocycles. The van der Waals surface area contributed by atoms with Crippen molar-refractivity contribution >= 4 is 28.6 Å². The molecule has 78 valence electrons. The molecule has 0 N–H and O–H groups in total. The molecule has 2 rings (SSSR count). The van der Waals surface area contributed by atoms with E-state index in [9.17, 15) is 0 Å². The van der Waals surface area contributed by atoms with Gasteiger partial charge in [0, 0.05) is 18.6 Å². The van der Waals surface area contributed by atoms with E-state index in [4.69, 9.17) is 11.6 Å². The highest BCUT2D eigenvalue weighted by Gasteiger charge is 2.00. The van der Waals surface area contributed by atoms with Gasteiger partial charge < -0.3 is 4.57 Å². The maximum Gasteiger partial charge on any atom is 0.189 e. The molecule has 0 saturated heterocycles. The van der Waals surface area contributed by atoms with Gasteiger partial charge in [0.25, 0.3) is 0 Å². The first-order chi connectivity index (χ1) is 7.18. The van der Waals surface area contributed by atoms with Crippen molar-refractivity contribution in [2.75, 3.05) is 0 Å². The van der Waals surface area contributed by atoms with Crippen molar-refractivity contribution in [2.45, 2.75) is 6.92 Å². The van der Waals surface area contributed by atoms with Crippen LogP contribution in [-0.4, -0.2) is 4.57 Å². The van der Waals surface area contributed by atoms with Gasteiger partial charge in [0.05, 0.1) is 10.7 Å². The Balaban J connectivity index is 2.58. The van der Waals surface area contributed by atoms with Crippen LogP contribution >= 0.6 is 22.9 Å². The Morgan fingerprint density at radius 2 is 2.20 bits per heavy atom. The molecule has 0 aliphatic carbocycles. The van der Waals surface area contributed by atoms with E-state index < -0.39 is 0 Å². The molecular weight excluding hydrogens is 228 g/mol. The first-order valence-corrected chi connectivity index (χ1v) is 5.84. The number of aromatic nitrogens is 1. The summed E-state index contributed by atoms with van der Waals surface area (Å²) in [5.74, 6) is 0. The number of benzene rings is 1. The van der Waals surface area contributed by atoms with Gasteiger partial charge in [0.2, 0.25) is 0 Å². The van der Waals surface area contributed by atoms with E-state index in [1.807, 2.05) is 48.3 Å². The fourth-order valence-electron chi connectivity index (χ4n) is 1.26. The van der Waals surface area contributed by atoms with Gasteiger partial charge in [-0.3, -0.25) is 0 Å². The summed E-state index contributed by atoms with van der Waals surface area (Å²) in [6, 6.07) is 5.87. The molecule has 2 nitrogen and oxygen atoms in total. The van der Waals surface area contributed by atoms with Crippen molar-refractivity contribution in [3.63, 3.8) is 0 Å². The molecule has 0 unspecified atom stereocenters. The summed E-state index contributed by atoms with van der Waals surface area (Å²) in [6.45, 7) is 1.98. The minimum absolute atomic E-state index is 0.728. The van der Waals surface area contributed by atoms with Crippen LogP contribution in [0.5, 0.6) is 0 Å². The minimum atomic E-state index is 0.728. The summed E-state index contributed by atoms with van der Waals surface area (Å²) in [7, 11) is 1.97. The first-order valence-electron chi connectivity index (χ1n) is 4.58. The van der Waals surface area contributed by atoms with Gasteiger partial charge in [-0.05, 0) is 18.6 Å². The normalized spacial score (nSPS) is 12.1. The molecule has 0 atom stereocenters. The van der Waals surface area contributed by atoms with Crippen LogP contribution < -0.4 is 4.80 Å². The SMILES string of the molecule is Cc1cccc(N=c2sccn2C)c1Cl. The zero-order chi connectivity index (χ0) is 10.8. The Morgan fingerprint density at radius 3 is 2.87 bits per heavy atom. The number of rotatable bonds is 1. The fourth-order valence-corrected chi connectivity index (χ4v) is 2.17. The van der Waals surface area contributed by atoms with Crippen LogP contribution in [0.25, 0.3) is 0 Å². The van der Waals surface area contributed by atoms with Gasteiger partial charge in [-0.15, -0.1) is 11.3 Å². The zero-order valence-corrected chi connectivity index (χ0v) is 10.1. The van der Waals surface area contributed by atoms with Crippen LogP contribution in [0.2, 0.25) is 5.02 Å². The van der Waals surface area contributed by atoms with E-state index in [-0.39, 0.29) is 0 Å². The minimum Gasteiger partial charge on any atom is -0.327 e. The van der Waals surface area contributed by atoms with E-state index in [2.05, 4.69) is 4.99 Å². The van der Waals surface area contributed by atoms with E-state index in [0.717, 1.165) is 21.1 Å². The van der Waals surface area contributed by atoms with Gasteiger partial charge in [-0.25, -0.2) is 4.99 Å². The predicted molar refractivity (Wildman–Crippen MR) is 64.7 cm³/mol. The monoisotopic (exact) mass is 238 g/mol. The van der Waals surface area contributed by atoms with Crippen molar-refractivity contribution in [2.24, 2.45) is 12.0 Å². The highest BCUT2D eigenvalue weighted by molar-refractivity contribution is 7.07. The predicted octanol–water partition coefficient (Wildman–Crippen LogP) is 3.28. The van der Waals surface area contributed by atoms with Gasteiger partial charge in [-0.2, -0.15) is 0 Å². The molecule has 0 aliphatic heterocycles. The lowest BCUT2D eigenvalue weighted by Gasteiger charge is -2.00. The Kier molecular flexibility index (Phi) is 2.93. The molecular formula is C11H11ClN2S. The second kappa shape index (κ2) is 4.21. The zero-order valence-electron chi connectivity index (χ0n) is 8.57. The Hall–Kier alpha value is -1.06. The van der Waals surface area contributed by atoms with E-state index in [1.54, 1.807) is 11.3 Å². The third kappa shape index (κ3) is 2.13. The second-order valence-corrected chi connectivity index (χ2v) is 4.57. The van der Waals surface area contributed by atoms with Crippen LogP contribution in [-0.2, 0) is 7.05 Å². The quantitative estimate of drug-likeness (QED) is 0.726. The summed E-state index contributed by atoms with van der Waals surface area (Å²) in [6.07, 6.45) is 1.98. The number of thiazole rings is 1. The molecule has 2 aromatic rings. The second-order valence-electron chi connectivity index (χ2n) is 3.32.